The molecule has 2 aliphatic carbocycles. The number of nitrogens with one attached hydrogen (secondary N) is 2. The van der Waals surface area contributed by atoms with Crippen molar-refractivity contribution in [2.24, 2.45) is 16.8 Å². The van der Waals surface area contributed by atoms with Gasteiger partial charge in [0.15, 0.2) is 5.96 Å². The average Bonchev–Trinajstić information content (AvgIpc) is 3.44. The third-order valence-corrected chi connectivity index (χ3v) is 8.43. The van der Waals surface area contributed by atoms with Gasteiger partial charge in [0, 0.05) is 38.6 Å². The molecule has 156 valence electrons. The normalized spacial score (nSPS) is 30.3. The van der Waals surface area contributed by atoms with E-state index in [9.17, 15) is 8.42 Å². The Bertz CT molecular complexity index is 777. The Hall–Kier alpha value is -1.54. The van der Waals surface area contributed by atoms with Gasteiger partial charge in [-0.15, -0.1) is 0 Å². The minimum absolute atomic E-state index is 0.371. The third kappa shape index (κ3) is 4.38. The number of nitrogens with zero attached hydrogens (tertiary/aromatic N) is 2. The van der Waals surface area contributed by atoms with Crippen molar-refractivity contribution in [3.63, 3.8) is 0 Å². The second-order valence-corrected chi connectivity index (χ2v) is 10.4. The molecular weight excluding hydrogens is 376 g/mol. The highest BCUT2D eigenvalue weighted by molar-refractivity contribution is 7.90. The van der Waals surface area contributed by atoms with Crippen molar-refractivity contribution in [2.75, 3.05) is 26.2 Å². The minimum atomic E-state index is -3.26. The maximum atomic E-state index is 12.4. The van der Waals surface area contributed by atoms with Crippen LogP contribution in [0.4, 0.5) is 0 Å². The first kappa shape index (κ1) is 19.8. The van der Waals surface area contributed by atoms with E-state index in [2.05, 4.69) is 14.9 Å². The number of sulfonamides is 1. The summed E-state index contributed by atoms with van der Waals surface area (Å²) in [6, 6.07) is 4.34. The number of aliphatic imine (C=N–C) groups is 1. The lowest BCUT2D eigenvalue weighted by Gasteiger charge is -2.29. The predicted molar refractivity (Wildman–Crippen MR) is 110 cm³/mol. The highest BCUT2D eigenvalue weighted by atomic mass is 32.2. The Morgan fingerprint density at radius 1 is 1.32 bits per heavy atom. The Labute approximate surface area is 168 Å². The van der Waals surface area contributed by atoms with Gasteiger partial charge in [-0.1, -0.05) is 13.3 Å². The molecule has 4 unspecified atom stereocenters. The van der Waals surface area contributed by atoms with Gasteiger partial charge in [0.25, 0.3) is 0 Å². The highest BCUT2D eigenvalue weighted by Crippen LogP contribution is 2.44. The van der Waals surface area contributed by atoms with Gasteiger partial charge >= 0.3 is 0 Å². The summed E-state index contributed by atoms with van der Waals surface area (Å²) in [7, 11) is -3.26. The smallest absolute Gasteiger partial charge is 0.216 e. The van der Waals surface area contributed by atoms with E-state index in [0.717, 1.165) is 36.5 Å². The van der Waals surface area contributed by atoms with Crippen LogP contribution in [0.2, 0.25) is 0 Å². The largest absolute Gasteiger partial charge is 0.469 e. The standard InChI is InChI=1S/C20H32N4O3S/c1-2-22-28(25,26)18-8-10-24(14-18)20(21-9-7-17-4-3-11-27-17)23-19-13-15-5-6-16(19)12-15/h3-4,11,15-16,18-19,22H,2,5-10,12-14H2,1H3,(H,21,23). The van der Waals surface area contributed by atoms with Crippen molar-refractivity contribution in [3.05, 3.63) is 24.2 Å². The average molecular weight is 409 g/mol. The number of furan rings is 1. The molecule has 4 atom stereocenters. The van der Waals surface area contributed by atoms with Gasteiger partial charge in [0.05, 0.1) is 11.5 Å². The van der Waals surface area contributed by atoms with Crippen molar-refractivity contribution in [1.82, 2.24) is 14.9 Å². The van der Waals surface area contributed by atoms with Gasteiger partial charge < -0.3 is 14.6 Å². The monoisotopic (exact) mass is 408 g/mol. The summed E-state index contributed by atoms with van der Waals surface area (Å²) in [5.41, 5.74) is 0. The van der Waals surface area contributed by atoms with E-state index in [1.165, 1.54) is 25.7 Å². The fraction of sp³-hybridized carbons (Fsp3) is 0.750. The van der Waals surface area contributed by atoms with Crippen molar-refractivity contribution < 1.29 is 12.8 Å². The van der Waals surface area contributed by atoms with Crippen LogP contribution in [0.25, 0.3) is 0 Å². The van der Waals surface area contributed by atoms with Gasteiger partial charge in [-0.05, 0) is 49.7 Å². The molecule has 0 radical (unpaired) electrons. The molecule has 28 heavy (non-hydrogen) atoms. The SMILES string of the molecule is CCNS(=O)(=O)C1CCN(C(=NCCc2ccco2)NC2CC3CCC2C3)C1. The lowest BCUT2D eigenvalue weighted by Crippen LogP contribution is -2.48. The molecule has 2 saturated carbocycles. The maximum absolute atomic E-state index is 12.4. The Kier molecular flexibility index (Phi) is 5.96. The van der Waals surface area contributed by atoms with Gasteiger partial charge in [-0.3, -0.25) is 4.99 Å². The number of fused-ring (bicyclic) bond motifs is 2. The lowest BCUT2D eigenvalue weighted by atomic mass is 9.95. The molecule has 3 fully saturated rings. The first-order valence-electron chi connectivity index (χ1n) is 10.6. The van der Waals surface area contributed by atoms with Crippen LogP contribution in [-0.2, 0) is 16.4 Å². The van der Waals surface area contributed by atoms with Crippen molar-refractivity contribution in [3.8, 4) is 0 Å². The lowest BCUT2D eigenvalue weighted by molar-refractivity contribution is 0.370. The van der Waals surface area contributed by atoms with Crippen LogP contribution in [0.15, 0.2) is 27.8 Å². The van der Waals surface area contributed by atoms with Crippen LogP contribution in [-0.4, -0.2) is 56.7 Å². The van der Waals surface area contributed by atoms with Crippen molar-refractivity contribution in [1.29, 1.82) is 0 Å². The maximum Gasteiger partial charge on any atom is 0.216 e. The molecule has 7 nitrogen and oxygen atoms in total. The van der Waals surface area contributed by atoms with Crippen molar-refractivity contribution in [2.45, 2.75) is 56.7 Å². The van der Waals surface area contributed by atoms with Crippen LogP contribution in [0.5, 0.6) is 0 Å². The van der Waals surface area contributed by atoms with Gasteiger partial charge in [-0.2, -0.15) is 0 Å². The summed E-state index contributed by atoms with van der Waals surface area (Å²) in [6.45, 7) is 4.12. The third-order valence-electron chi connectivity index (χ3n) is 6.48. The van der Waals surface area contributed by atoms with Crippen LogP contribution in [0, 0.1) is 11.8 Å². The topological polar surface area (TPSA) is 86.9 Å². The van der Waals surface area contributed by atoms with Crippen molar-refractivity contribution >= 4 is 16.0 Å². The molecule has 1 saturated heterocycles. The quantitative estimate of drug-likeness (QED) is 0.532. The highest BCUT2D eigenvalue weighted by Gasteiger charge is 2.41. The molecule has 4 rings (SSSR count). The zero-order chi connectivity index (χ0) is 19.6. The van der Waals surface area contributed by atoms with Gasteiger partial charge in [0.1, 0.15) is 5.76 Å². The summed E-state index contributed by atoms with van der Waals surface area (Å²) >= 11 is 0. The van der Waals surface area contributed by atoms with E-state index >= 15 is 0 Å². The number of likely N-dealkylation sites (tertiary alicyclic amines) is 1. The summed E-state index contributed by atoms with van der Waals surface area (Å²) in [6.07, 6.45) is 8.29. The molecule has 2 N–H and O–H groups in total. The fourth-order valence-electron chi connectivity index (χ4n) is 5.04. The van der Waals surface area contributed by atoms with Crippen LogP contribution >= 0.6 is 0 Å². The molecule has 1 aromatic heterocycles. The zero-order valence-electron chi connectivity index (χ0n) is 16.6. The fourth-order valence-corrected chi connectivity index (χ4v) is 6.47. The second-order valence-electron chi connectivity index (χ2n) is 8.36. The minimum Gasteiger partial charge on any atom is -0.469 e. The molecule has 3 aliphatic rings. The Balaban J connectivity index is 1.43. The molecule has 0 amide bonds. The molecule has 1 aromatic rings. The molecule has 2 heterocycles. The number of guanidine groups is 1. The molecule has 0 aromatic carbocycles. The molecule has 8 heteroatoms. The summed E-state index contributed by atoms with van der Waals surface area (Å²) in [5.74, 6) is 3.40. The van der Waals surface area contributed by atoms with Gasteiger partial charge in [-0.25, -0.2) is 13.1 Å². The number of rotatable bonds is 7. The summed E-state index contributed by atoms with van der Waals surface area (Å²) in [5, 5.41) is 3.33. The molecule has 0 spiro atoms. The number of hydrogen-bond donors (Lipinski definition) is 2. The molecule has 1 aliphatic heterocycles. The molecular formula is C20H32N4O3S. The van der Waals surface area contributed by atoms with E-state index in [0.29, 0.717) is 32.1 Å². The van der Waals surface area contributed by atoms with Crippen LogP contribution < -0.4 is 10.0 Å². The Morgan fingerprint density at radius 2 is 2.21 bits per heavy atom. The first-order valence-corrected chi connectivity index (χ1v) is 12.2. The summed E-state index contributed by atoms with van der Waals surface area (Å²) in [4.78, 5) is 6.98. The van der Waals surface area contributed by atoms with E-state index in [4.69, 9.17) is 9.41 Å². The van der Waals surface area contributed by atoms with E-state index in [-0.39, 0.29) is 5.25 Å². The molecule has 2 bridgehead atoms. The van der Waals surface area contributed by atoms with Crippen LogP contribution in [0.1, 0.15) is 44.8 Å². The summed E-state index contributed by atoms with van der Waals surface area (Å²) < 4.78 is 32.9. The first-order chi connectivity index (χ1) is 13.5. The van der Waals surface area contributed by atoms with Crippen LogP contribution in [0.3, 0.4) is 0 Å². The Morgan fingerprint density at radius 3 is 2.89 bits per heavy atom. The number of hydrogen-bond acceptors (Lipinski definition) is 4. The predicted octanol–water partition coefficient (Wildman–Crippen LogP) is 1.97. The van der Waals surface area contributed by atoms with E-state index < -0.39 is 10.0 Å². The van der Waals surface area contributed by atoms with E-state index in [1.54, 1.807) is 6.26 Å². The van der Waals surface area contributed by atoms with E-state index in [1.807, 2.05) is 19.1 Å². The van der Waals surface area contributed by atoms with Gasteiger partial charge in [0.2, 0.25) is 10.0 Å². The zero-order valence-corrected chi connectivity index (χ0v) is 17.5. The second kappa shape index (κ2) is 8.45.